The largest absolute Gasteiger partial charge is 0.464 e. The maximum atomic E-state index is 13.4. The Morgan fingerprint density at radius 1 is 0.976 bits per heavy atom. The topological polar surface area (TPSA) is 74.2 Å². The highest BCUT2D eigenvalue weighted by atomic mass is 35.5. The fourth-order valence-electron chi connectivity index (χ4n) is 4.71. The summed E-state index contributed by atoms with van der Waals surface area (Å²) >= 11 is 7.84. The van der Waals surface area contributed by atoms with Crippen LogP contribution in [-0.4, -0.2) is 33.1 Å². The summed E-state index contributed by atoms with van der Waals surface area (Å²) in [6.45, 7) is 11.8. The molecule has 41 heavy (non-hydrogen) atoms. The molecule has 2 aromatic carbocycles. The van der Waals surface area contributed by atoms with Crippen LogP contribution in [-0.2, 0) is 14.3 Å². The van der Waals surface area contributed by atoms with Crippen LogP contribution < -0.4 is 0 Å². The highest BCUT2D eigenvalue weighted by Crippen LogP contribution is 2.44. The summed E-state index contributed by atoms with van der Waals surface area (Å²) in [5, 5.41) is 1.48. The smallest absolute Gasteiger partial charge is 0.339 e. The van der Waals surface area contributed by atoms with E-state index in [1.165, 1.54) is 0 Å². The summed E-state index contributed by atoms with van der Waals surface area (Å²) in [6.07, 6.45) is 2.71. The number of rotatable bonds is 7. The minimum Gasteiger partial charge on any atom is -0.464 e. The van der Waals surface area contributed by atoms with Crippen LogP contribution in [0.2, 0.25) is 5.02 Å². The number of ether oxygens (including phenoxy) is 2. The zero-order chi connectivity index (χ0) is 29.3. The lowest BCUT2D eigenvalue weighted by molar-refractivity contribution is -0.166. The number of thiazole rings is 1. The lowest BCUT2D eigenvalue weighted by Crippen LogP contribution is -2.29. The van der Waals surface area contributed by atoms with Crippen molar-refractivity contribution in [2.75, 3.05) is 6.61 Å². The number of halogens is 1. The number of pyridine rings is 2. The number of nitrogens with zero attached hydrogens (tertiary/aromatic N) is 3. The summed E-state index contributed by atoms with van der Waals surface area (Å²) in [5.41, 5.74) is 7.38. The van der Waals surface area contributed by atoms with Crippen LogP contribution in [0.4, 0.5) is 0 Å². The molecule has 5 rings (SSSR count). The van der Waals surface area contributed by atoms with Gasteiger partial charge in [0.1, 0.15) is 5.01 Å². The fourth-order valence-corrected chi connectivity index (χ4v) is 5.96. The first-order chi connectivity index (χ1) is 19.5. The van der Waals surface area contributed by atoms with Crippen LogP contribution in [0.5, 0.6) is 0 Å². The standard InChI is InChI=1S/C33H32ClN3O3S/c1-7-39-32(38)29(40-33(4,5)6)27-19(2)16-26-30(28(27)21-10-12-24(34)13-11-21)41-31(37-26)22-14-15-35-25(17-22)23-9-8-20(3)36-18-23/h8-18,29H,7H2,1-6H3/t29-/m0/s1. The van der Waals surface area contributed by atoms with Crippen molar-refractivity contribution in [3.05, 3.63) is 88.8 Å². The van der Waals surface area contributed by atoms with Gasteiger partial charge in [-0.3, -0.25) is 9.97 Å². The molecule has 0 fully saturated rings. The van der Waals surface area contributed by atoms with Crippen LogP contribution in [0.15, 0.2) is 67.0 Å². The maximum absolute atomic E-state index is 13.4. The molecule has 0 N–H and O–H groups in total. The van der Waals surface area contributed by atoms with E-state index in [0.29, 0.717) is 5.02 Å². The van der Waals surface area contributed by atoms with Gasteiger partial charge in [0.15, 0.2) is 6.10 Å². The second-order valence-corrected chi connectivity index (χ2v) is 12.3. The SMILES string of the molecule is CCOC(=O)[C@@H](OC(C)(C)C)c1c(C)cc2nc(-c3ccnc(-c4ccc(C)nc4)c3)sc2c1-c1ccc(Cl)cc1. The maximum Gasteiger partial charge on any atom is 0.339 e. The van der Waals surface area contributed by atoms with Crippen molar-refractivity contribution < 1.29 is 14.3 Å². The molecule has 5 aromatic rings. The summed E-state index contributed by atoms with van der Waals surface area (Å²) < 4.78 is 12.8. The molecule has 0 spiro atoms. The first-order valence-electron chi connectivity index (χ1n) is 13.5. The van der Waals surface area contributed by atoms with Gasteiger partial charge in [-0.1, -0.05) is 23.7 Å². The van der Waals surface area contributed by atoms with Crippen molar-refractivity contribution >= 4 is 39.1 Å². The van der Waals surface area contributed by atoms with E-state index in [1.54, 1.807) is 24.5 Å². The number of hydrogen-bond donors (Lipinski definition) is 0. The van der Waals surface area contributed by atoms with Gasteiger partial charge in [0.05, 0.1) is 28.1 Å². The van der Waals surface area contributed by atoms with Crippen LogP contribution in [0.3, 0.4) is 0 Å². The Balaban J connectivity index is 1.73. The van der Waals surface area contributed by atoms with Gasteiger partial charge >= 0.3 is 5.97 Å². The van der Waals surface area contributed by atoms with E-state index in [0.717, 1.165) is 60.0 Å². The quantitative estimate of drug-likeness (QED) is 0.178. The highest BCUT2D eigenvalue weighted by Gasteiger charge is 2.33. The number of aryl methyl sites for hydroxylation is 2. The molecule has 0 bridgehead atoms. The third kappa shape index (κ3) is 6.32. The van der Waals surface area contributed by atoms with Gasteiger partial charge in [0.2, 0.25) is 0 Å². The average molecular weight is 586 g/mol. The average Bonchev–Trinajstić information content (AvgIpc) is 3.35. The molecule has 1 atom stereocenters. The van der Waals surface area contributed by atoms with E-state index in [4.69, 9.17) is 26.1 Å². The Morgan fingerprint density at radius 2 is 1.71 bits per heavy atom. The van der Waals surface area contributed by atoms with E-state index >= 15 is 0 Å². The molecule has 0 aliphatic rings. The van der Waals surface area contributed by atoms with Crippen LogP contribution >= 0.6 is 22.9 Å². The van der Waals surface area contributed by atoms with E-state index < -0.39 is 17.7 Å². The molecule has 0 unspecified atom stereocenters. The number of carbonyl (C=O) groups excluding carboxylic acids is 1. The molecule has 0 saturated heterocycles. The van der Waals surface area contributed by atoms with Gasteiger partial charge in [0.25, 0.3) is 0 Å². The van der Waals surface area contributed by atoms with Gasteiger partial charge in [0, 0.05) is 45.4 Å². The Morgan fingerprint density at radius 3 is 2.37 bits per heavy atom. The van der Waals surface area contributed by atoms with Gasteiger partial charge in [-0.15, -0.1) is 11.3 Å². The number of esters is 1. The van der Waals surface area contributed by atoms with Crippen LogP contribution in [0.25, 0.3) is 43.2 Å². The molecule has 3 aromatic heterocycles. The number of aromatic nitrogens is 3. The molecular formula is C33H32ClN3O3S. The number of fused-ring (bicyclic) bond motifs is 1. The van der Waals surface area contributed by atoms with Gasteiger partial charge in [-0.2, -0.15) is 0 Å². The predicted octanol–water partition coefficient (Wildman–Crippen LogP) is 8.78. The zero-order valence-electron chi connectivity index (χ0n) is 24.0. The Labute approximate surface area is 249 Å². The summed E-state index contributed by atoms with van der Waals surface area (Å²) in [6, 6.07) is 17.6. The molecule has 0 aliphatic carbocycles. The summed E-state index contributed by atoms with van der Waals surface area (Å²) in [5.74, 6) is -0.421. The highest BCUT2D eigenvalue weighted by molar-refractivity contribution is 7.22. The van der Waals surface area contributed by atoms with E-state index in [-0.39, 0.29) is 6.61 Å². The van der Waals surface area contributed by atoms with Gasteiger partial charge in [-0.25, -0.2) is 9.78 Å². The van der Waals surface area contributed by atoms with Crippen molar-refractivity contribution in [2.24, 2.45) is 0 Å². The molecule has 0 aliphatic heterocycles. The van der Waals surface area contributed by atoms with E-state index in [1.807, 2.05) is 95.4 Å². The lowest BCUT2D eigenvalue weighted by Gasteiger charge is -2.29. The Kier molecular flexibility index (Phi) is 8.23. The molecule has 0 saturated carbocycles. The monoisotopic (exact) mass is 585 g/mol. The number of carbonyl (C=O) groups is 1. The normalized spacial score (nSPS) is 12.5. The Bertz CT molecular complexity index is 1710. The molecule has 6 nitrogen and oxygen atoms in total. The minimum atomic E-state index is -0.919. The summed E-state index contributed by atoms with van der Waals surface area (Å²) in [4.78, 5) is 27.4. The number of hydrogen-bond acceptors (Lipinski definition) is 7. The van der Waals surface area contributed by atoms with Crippen LogP contribution in [0.1, 0.15) is 50.6 Å². The Hall–Kier alpha value is -3.65. The van der Waals surface area contributed by atoms with Crippen molar-refractivity contribution in [1.82, 2.24) is 15.0 Å². The minimum absolute atomic E-state index is 0.256. The molecular weight excluding hydrogens is 554 g/mol. The van der Waals surface area contributed by atoms with E-state index in [9.17, 15) is 4.79 Å². The zero-order valence-corrected chi connectivity index (χ0v) is 25.6. The van der Waals surface area contributed by atoms with Crippen molar-refractivity contribution in [3.8, 4) is 33.0 Å². The lowest BCUT2D eigenvalue weighted by atomic mass is 9.91. The van der Waals surface area contributed by atoms with Crippen molar-refractivity contribution in [3.63, 3.8) is 0 Å². The molecule has 0 radical (unpaired) electrons. The van der Waals surface area contributed by atoms with Crippen LogP contribution in [0, 0.1) is 13.8 Å². The van der Waals surface area contributed by atoms with E-state index in [2.05, 4.69) is 9.97 Å². The number of benzene rings is 2. The second kappa shape index (κ2) is 11.7. The first-order valence-corrected chi connectivity index (χ1v) is 14.7. The van der Waals surface area contributed by atoms with Crippen molar-refractivity contribution in [2.45, 2.75) is 53.2 Å². The fraction of sp³-hybridized carbons (Fsp3) is 0.273. The van der Waals surface area contributed by atoms with Gasteiger partial charge in [-0.05, 0) is 95.1 Å². The third-order valence-electron chi connectivity index (χ3n) is 6.51. The summed E-state index contributed by atoms with van der Waals surface area (Å²) in [7, 11) is 0. The second-order valence-electron chi connectivity index (χ2n) is 10.8. The molecule has 0 amide bonds. The third-order valence-corrected chi connectivity index (χ3v) is 7.90. The van der Waals surface area contributed by atoms with Gasteiger partial charge < -0.3 is 9.47 Å². The molecule has 8 heteroatoms. The molecule has 210 valence electrons. The first kappa shape index (κ1) is 28.9. The predicted molar refractivity (Wildman–Crippen MR) is 166 cm³/mol. The van der Waals surface area contributed by atoms with Crippen molar-refractivity contribution in [1.29, 1.82) is 0 Å². The molecule has 3 heterocycles.